The van der Waals surface area contributed by atoms with Gasteiger partial charge in [0.25, 0.3) is 0 Å². The molecule has 444 valence electrons. The lowest BCUT2D eigenvalue weighted by Gasteiger charge is -2.72. The number of carbonyl (C=O) groups is 3. The van der Waals surface area contributed by atoms with Crippen molar-refractivity contribution in [3.05, 3.63) is 23.3 Å². The van der Waals surface area contributed by atoms with Crippen molar-refractivity contribution in [1.82, 2.24) is 0 Å². The second-order valence-electron chi connectivity index (χ2n) is 25.4. The Labute approximate surface area is 454 Å². The number of aliphatic hydroxyl groups is 11. The van der Waals surface area contributed by atoms with Crippen LogP contribution in [0.3, 0.4) is 0 Å². The van der Waals surface area contributed by atoms with Gasteiger partial charge in [0.15, 0.2) is 25.0 Å². The second-order valence-corrected chi connectivity index (χ2v) is 25.4. The van der Waals surface area contributed by atoms with Crippen LogP contribution < -0.4 is 0 Å². The predicted octanol–water partition coefficient (Wildman–Crippen LogP) is -0.292. The third-order valence-electron chi connectivity index (χ3n) is 21.0. The first-order chi connectivity index (χ1) is 36.5. The Hall–Kier alpha value is -2.79. The van der Waals surface area contributed by atoms with Crippen LogP contribution in [0.1, 0.15) is 114 Å². The third-order valence-corrected chi connectivity index (χ3v) is 21.0. The van der Waals surface area contributed by atoms with Gasteiger partial charge < -0.3 is 99.2 Å². The molecule has 4 saturated carbocycles. The summed E-state index contributed by atoms with van der Waals surface area (Å²) in [5.41, 5.74) is -3.49. The molecule has 8 aliphatic rings. The summed E-state index contributed by atoms with van der Waals surface area (Å²) >= 11 is 0. The molecule has 3 heterocycles. The predicted molar refractivity (Wildman–Crippen MR) is 268 cm³/mol. The molecule has 12 N–H and O–H groups in total. The van der Waals surface area contributed by atoms with Gasteiger partial charge in [-0.15, -0.1) is 0 Å². The number of aliphatic carboxylic acids is 1. The summed E-state index contributed by atoms with van der Waals surface area (Å²) in [5, 5.41) is 131. The van der Waals surface area contributed by atoms with Crippen LogP contribution in [0.2, 0.25) is 0 Å². The lowest BCUT2D eigenvalue weighted by atomic mass is 9.33. The summed E-state index contributed by atoms with van der Waals surface area (Å²) in [6.07, 6.45) is -21.6. The van der Waals surface area contributed by atoms with E-state index < -0.39 is 193 Å². The van der Waals surface area contributed by atoms with Crippen molar-refractivity contribution in [1.29, 1.82) is 0 Å². The average Bonchev–Trinajstić information content (AvgIpc) is 3.34. The Morgan fingerprint density at radius 2 is 1.27 bits per heavy atom. The van der Waals surface area contributed by atoms with Crippen LogP contribution in [0.5, 0.6) is 0 Å². The highest BCUT2D eigenvalue weighted by molar-refractivity contribution is 5.87. The van der Waals surface area contributed by atoms with Gasteiger partial charge in [-0.1, -0.05) is 59.3 Å². The summed E-state index contributed by atoms with van der Waals surface area (Å²) < 4.78 is 48.8. The number of carbonyl (C=O) groups excluding carboxylic acids is 2. The minimum absolute atomic E-state index is 0.0403. The highest BCUT2D eigenvalue weighted by Gasteiger charge is 2.74. The van der Waals surface area contributed by atoms with E-state index in [1.165, 1.54) is 6.92 Å². The monoisotopic (exact) mass is 1110 g/mol. The van der Waals surface area contributed by atoms with Gasteiger partial charge in [-0.05, 0) is 92.8 Å². The fraction of sp³-hybridized carbons (Fsp3) is 0.873. The molecule has 3 saturated heterocycles. The number of rotatable bonds is 14. The van der Waals surface area contributed by atoms with Crippen molar-refractivity contribution in [2.75, 3.05) is 26.4 Å². The number of fused-ring (bicyclic) bond motifs is 7. The lowest BCUT2D eigenvalue weighted by Crippen LogP contribution is -2.72. The number of ether oxygens (including phenoxy) is 8. The normalized spacial score (nSPS) is 50.2. The number of allylic oxidation sites excluding steroid dienone is 3. The van der Waals surface area contributed by atoms with Crippen LogP contribution in [0, 0.1) is 50.2 Å². The average molecular weight is 1120 g/mol. The molecule has 0 aromatic rings. The first-order valence-corrected chi connectivity index (χ1v) is 27.6. The quantitative estimate of drug-likeness (QED) is 0.0460. The van der Waals surface area contributed by atoms with Crippen molar-refractivity contribution < 1.29 is 114 Å². The molecule has 78 heavy (non-hydrogen) atoms. The maximum absolute atomic E-state index is 13.4. The number of aliphatic hydroxyl groups excluding tert-OH is 11. The zero-order chi connectivity index (χ0) is 57.6. The molecule has 26 atom stereocenters. The molecule has 5 aliphatic carbocycles. The minimum atomic E-state index is -1.93. The topological polar surface area (TPSA) is 368 Å². The highest BCUT2D eigenvalue weighted by atomic mass is 16.8. The number of carboxylic acid groups (broad SMARTS) is 1. The van der Waals surface area contributed by atoms with Crippen molar-refractivity contribution in [2.24, 2.45) is 50.2 Å². The minimum Gasteiger partial charge on any atom is -0.479 e. The molecule has 0 spiro atoms. The van der Waals surface area contributed by atoms with Crippen molar-refractivity contribution in [2.45, 2.75) is 224 Å². The Balaban J connectivity index is 1.10. The van der Waals surface area contributed by atoms with E-state index >= 15 is 0 Å². The number of hydrogen-bond donors (Lipinski definition) is 12. The maximum atomic E-state index is 13.4. The fourth-order valence-corrected chi connectivity index (χ4v) is 16.2. The molecule has 0 bridgehead atoms. The highest BCUT2D eigenvalue weighted by Crippen LogP contribution is 2.76. The Morgan fingerprint density at radius 1 is 0.679 bits per heavy atom. The van der Waals surface area contributed by atoms with Gasteiger partial charge in [0.1, 0.15) is 73.2 Å². The largest absolute Gasteiger partial charge is 0.479 e. The Morgan fingerprint density at radius 3 is 1.79 bits per heavy atom. The van der Waals surface area contributed by atoms with Crippen molar-refractivity contribution in [3.63, 3.8) is 0 Å². The summed E-state index contributed by atoms with van der Waals surface area (Å²) in [7, 11) is 0. The number of carboxylic acids is 1. The zero-order valence-corrected chi connectivity index (χ0v) is 46.1. The summed E-state index contributed by atoms with van der Waals surface area (Å²) in [5.74, 6) is -3.56. The van der Waals surface area contributed by atoms with Crippen LogP contribution in [-0.4, -0.2) is 216 Å². The molecule has 9 unspecified atom stereocenters. The van der Waals surface area contributed by atoms with Crippen molar-refractivity contribution in [3.8, 4) is 0 Å². The van der Waals surface area contributed by atoms with Crippen LogP contribution in [0.15, 0.2) is 23.3 Å². The first kappa shape index (κ1) is 61.3. The van der Waals surface area contributed by atoms with Crippen molar-refractivity contribution >= 4 is 17.9 Å². The van der Waals surface area contributed by atoms with Crippen LogP contribution in [0.25, 0.3) is 0 Å². The molecule has 8 rings (SSSR count). The molecule has 23 nitrogen and oxygen atoms in total. The SMILES string of the molecule is C/C=C(/C)C(=O)O[C@H]1[C@H](OC(C)=O)[C@@]2(CO)C(CC1(C)C)C1=CCC3[C@@]4(C)CC[C@H](O[C@@H]5OC(C(=O)O)[C@@H](O[C@@H]6OC(CO)[C@@H](O)[C@@H](O)C6O)CC5O[C@@H]5OC(CO)[C@@H](O)[C@@H](O)C5O)[C@@](C)(CO)C4CC[C@@]3(C)[C@]1(C)C[C@H]2O. The molecule has 23 heteroatoms. The summed E-state index contributed by atoms with van der Waals surface area (Å²) in [6.45, 7) is 14.5. The maximum Gasteiger partial charge on any atom is 0.335 e. The van der Waals surface area contributed by atoms with Crippen LogP contribution in [-0.2, 0) is 52.3 Å². The number of esters is 2. The molecular formula is C55H86O23. The zero-order valence-electron chi connectivity index (χ0n) is 46.1. The molecule has 0 aromatic heterocycles. The van der Waals surface area contributed by atoms with E-state index in [0.717, 1.165) is 5.57 Å². The van der Waals surface area contributed by atoms with E-state index in [9.17, 15) is 75.7 Å². The second kappa shape index (κ2) is 22.4. The first-order valence-electron chi connectivity index (χ1n) is 27.6. The summed E-state index contributed by atoms with van der Waals surface area (Å²) in [6, 6.07) is 0. The molecular weight excluding hydrogens is 1030 g/mol. The van der Waals surface area contributed by atoms with Gasteiger partial charge in [-0.25, -0.2) is 9.59 Å². The summed E-state index contributed by atoms with van der Waals surface area (Å²) in [4.78, 5) is 39.5. The molecule has 0 amide bonds. The fourth-order valence-electron chi connectivity index (χ4n) is 16.2. The Kier molecular flexibility index (Phi) is 17.6. The molecule has 0 aromatic carbocycles. The standard InChI is InChI=1S/C55H86O23/c1-10-24(2)46(70)78-43-44(71-25(3)60)55(23-59)27(18-50(43,4)5)26-11-12-33-51(6)15-14-35(52(7,22-58)32(51)13-16-53(33,8)54(26,9)19-34(55)61)76-47-29(73-49-41(67)39(65)37(63)31(21-57)75-49)17-28(42(77-47)45(68)69)72-48-40(66)38(64)36(62)30(20-56)74-48/h10-11,27-44,47-49,56-59,61-67H,12-23H2,1-9H3,(H,68,69)/b24-10-/t27?,28-,29?,30?,31?,32?,33?,34+,35-,36+,37+,38+,39+,40?,41?,42?,43-,44-,47+,48+,49+,51-,52-,53+,54+,55-/m0/s1. The van der Waals surface area contributed by atoms with Gasteiger partial charge in [-0.3, -0.25) is 4.79 Å². The van der Waals surface area contributed by atoms with E-state index in [0.29, 0.717) is 44.1 Å². The Bertz CT molecular complexity index is 2260. The van der Waals surface area contributed by atoms with Crippen LogP contribution in [0.4, 0.5) is 0 Å². The van der Waals surface area contributed by atoms with Crippen LogP contribution >= 0.6 is 0 Å². The lowest BCUT2D eigenvalue weighted by molar-refractivity contribution is -0.374. The molecule has 7 fully saturated rings. The van der Waals surface area contributed by atoms with E-state index in [1.54, 1.807) is 19.9 Å². The van der Waals surface area contributed by atoms with Gasteiger partial charge in [-0.2, -0.15) is 0 Å². The van der Waals surface area contributed by atoms with Gasteiger partial charge >= 0.3 is 17.9 Å². The van der Waals surface area contributed by atoms with Gasteiger partial charge in [0.2, 0.25) is 0 Å². The van der Waals surface area contributed by atoms with E-state index in [1.807, 2.05) is 20.8 Å². The number of hydrogen-bond acceptors (Lipinski definition) is 22. The molecule has 0 radical (unpaired) electrons. The third kappa shape index (κ3) is 9.82. The van der Waals surface area contributed by atoms with Gasteiger partial charge in [0, 0.05) is 29.7 Å². The van der Waals surface area contributed by atoms with E-state index in [2.05, 4.69) is 26.8 Å². The van der Waals surface area contributed by atoms with E-state index in [-0.39, 0.29) is 24.9 Å². The van der Waals surface area contributed by atoms with Gasteiger partial charge in [0.05, 0.1) is 44.1 Å². The molecule has 3 aliphatic heterocycles. The smallest absolute Gasteiger partial charge is 0.335 e. The van der Waals surface area contributed by atoms with E-state index in [4.69, 9.17) is 37.9 Å².